The summed E-state index contributed by atoms with van der Waals surface area (Å²) in [6.07, 6.45) is 0.238. The van der Waals surface area contributed by atoms with Crippen molar-refractivity contribution in [3.63, 3.8) is 0 Å². The van der Waals surface area contributed by atoms with E-state index in [-0.39, 0.29) is 24.4 Å². The number of anilines is 2. The van der Waals surface area contributed by atoms with Gasteiger partial charge in [-0.3, -0.25) is 20.2 Å². The Hall–Kier alpha value is -4.84. The first kappa shape index (κ1) is 25.2. The molecule has 0 heterocycles. The Morgan fingerprint density at radius 1 is 0.844 bits per heavy atom. The number of carbonyl (C=O) groups is 4. The van der Waals surface area contributed by atoms with Crippen molar-refractivity contribution in [3.05, 3.63) is 47.8 Å². The number of benzene rings is 1. The van der Waals surface area contributed by atoms with Crippen LogP contribution >= 0.6 is 0 Å². The van der Waals surface area contributed by atoms with Crippen molar-refractivity contribution in [3.8, 4) is 12.1 Å². The van der Waals surface area contributed by atoms with E-state index in [9.17, 15) is 19.2 Å². The molecule has 0 saturated heterocycles. The van der Waals surface area contributed by atoms with Gasteiger partial charge in [0.1, 0.15) is 23.3 Å². The molecule has 32 heavy (non-hydrogen) atoms. The first-order valence-electron chi connectivity index (χ1n) is 9.14. The highest BCUT2D eigenvalue weighted by molar-refractivity contribution is 6.05. The van der Waals surface area contributed by atoms with Gasteiger partial charge in [-0.25, -0.2) is 9.59 Å². The van der Waals surface area contributed by atoms with E-state index in [0.29, 0.717) is 11.4 Å². The Balaban J connectivity index is 2.84. The van der Waals surface area contributed by atoms with Crippen LogP contribution in [0, 0.1) is 22.7 Å². The molecule has 0 radical (unpaired) electrons. The van der Waals surface area contributed by atoms with Gasteiger partial charge in [-0.2, -0.15) is 10.5 Å². The van der Waals surface area contributed by atoms with Crippen molar-refractivity contribution in [2.45, 2.75) is 13.8 Å². The van der Waals surface area contributed by atoms with E-state index in [1.807, 2.05) is 10.6 Å². The van der Waals surface area contributed by atoms with E-state index in [2.05, 4.69) is 20.1 Å². The molecule has 0 aliphatic heterocycles. The summed E-state index contributed by atoms with van der Waals surface area (Å²) in [5, 5.41) is 27.4. The lowest BCUT2D eigenvalue weighted by Gasteiger charge is -2.07. The van der Waals surface area contributed by atoms with Gasteiger partial charge in [0.05, 0.1) is 13.2 Å². The van der Waals surface area contributed by atoms with Crippen molar-refractivity contribution in [2.75, 3.05) is 23.8 Å². The molecule has 0 aliphatic rings. The molecule has 12 nitrogen and oxygen atoms in total. The van der Waals surface area contributed by atoms with E-state index >= 15 is 0 Å². The molecule has 0 saturated carbocycles. The molecule has 166 valence electrons. The zero-order chi connectivity index (χ0) is 23.9. The molecule has 4 N–H and O–H groups in total. The summed E-state index contributed by atoms with van der Waals surface area (Å²) in [4.78, 5) is 46.3. The Bertz CT molecular complexity index is 941. The van der Waals surface area contributed by atoms with Gasteiger partial charge in [-0.05, 0) is 32.0 Å². The van der Waals surface area contributed by atoms with Gasteiger partial charge in [-0.15, -0.1) is 0 Å². The van der Waals surface area contributed by atoms with E-state index < -0.39 is 24.0 Å². The lowest BCUT2D eigenvalue weighted by molar-refractivity contribution is -0.117. The standard InChI is InChI=1S/C20H20N6O6/c1-3-31-19(29)25-17(27)13(9-21)11-23-15-6-5-7-16(8-15)24-12-14(10-22)18(28)26-20(30)32-4-2/h5-8,11-12,23-24H,3-4H2,1-2H3,(H,25,27,29)(H,26,28,30). The van der Waals surface area contributed by atoms with Crippen molar-refractivity contribution < 1.29 is 28.7 Å². The number of ether oxygens (including phenoxy) is 2. The van der Waals surface area contributed by atoms with Crippen molar-refractivity contribution in [1.29, 1.82) is 10.5 Å². The minimum atomic E-state index is -0.975. The molecule has 1 aromatic carbocycles. The summed E-state index contributed by atoms with van der Waals surface area (Å²) < 4.78 is 9.15. The zero-order valence-corrected chi connectivity index (χ0v) is 17.2. The largest absolute Gasteiger partial charge is 0.450 e. The zero-order valence-electron chi connectivity index (χ0n) is 17.2. The van der Waals surface area contributed by atoms with Crippen LogP contribution in [0.5, 0.6) is 0 Å². The van der Waals surface area contributed by atoms with Crippen LogP contribution in [0.1, 0.15) is 13.8 Å². The number of nitrogens with one attached hydrogen (secondary N) is 4. The van der Waals surface area contributed by atoms with E-state index in [4.69, 9.17) is 10.5 Å². The number of rotatable bonds is 8. The van der Waals surface area contributed by atoms with E-state index in [0.717, 1.165) is 12.4 Å². The molecule has 0 bridgehead atoms. The lowest BCUT2D eigenvalue weighted by atomic mass is 10.2. The van der Waals surface area contributed by atoms with Crippen LogP contribution in [-0.2, 0) is 19.1 Å². The van der Waals surface area contributed by atoms with Crippen molar-refractivity contribution >= 4 is 35.4 Å². The first-order valence-corrected chi connectivity index (χ1v) is 9.14. The average molecular weight is 440 g/mol. The fourth-order valence-electron chi connectivity index (χ4n) is 1.96. The Morgan fingerprint density at radius 2 is 1.25 bits per heavy atom. The highest BCUT2D eigenvalue weighted by Gasteiger charge is 2.14. The molecule has 0 aliphatic carbocycles. The predicted octanol–water partition coefficient (Wildman–Crippen LogP) is 1.87. The summed E-state index contributed by atoms with van der Waals surface area (Å²) in [5.41, 5.74) is 0.126. The second-order valence-electron chi connectivity index (χ2n) is 5.56. The predicted molar refractivity (Wildman–Crippen MR) is 111 cm³/mol. The average Bonchev–Trinajstić information content (AvgIpc) is 2.75. The second kappa shape index (κ2) is 13.4. The topological polar surface area (TPSA) is 182 Å². The maximum atomic E-state index is 11.9. The molecular weight excluding hydrogens is 420 g/mol. The minimum absolute atomic E-state index is 0.0647. The van der Waals surface area contributed by atoms with Gasteiger partial charge in [0.15, 0.2) is 0 Å². The number of amides is 4. The molecule has 12 heteroatoms. The van der Waals surface area contributed by atoms with Crippen molar-refractivity contribution in [1.82, 2.24) is 10.6 Å². The number of alkyl carbamates (subject to hydrolysis) is 2. The summed E-state index contributed by atoms with van der Waals surface area (Å²) in [6, 6.07) is 9.69. The SMILES string of the molecule is CCOC(=O)NC(=O)C(C#N)=CNc1cccc(NC=C(C#N)C(=O)NC(=O)OCC)c1. The molecule has 1 aromatic rings. The maximum absolute atomic E-state index is 11.9. The van der Waals surface area contributed by atoms with E-state index in [1.54, 1.807) is 50.3 Å². The van der Waals surface area contributed by atoms with Gasteiger partial charge in [0.25, 0.3) is 11.8 Å². The third-order valence-electron chi connectivity index (χ3n) is 3.34. The number of nitrogens with zero attached hydrogens (tertiary/aromatic N) is 2. The monoisotopic (exact) mass is 440 g/mol. The number of hydrogen-bond acceptors (Lipinski definition) is 10. The molecule has 0 spiro atoms. The molecule has 1 rings (SSSR count). The van der Waals surface area contributed by atoms with Crippen LogP contribution in [0.25, 0.3) is 0 Å². The maximum Gasteiger partial charge on any atom is 0.414 e. The number of carbonyl (C=O) groups excluding carboxylic acids is 4. The Morgan fingerprint density at radius 3 is 1.59 bits per heavy atom. The molecule has 0 unspecified atom stereocenters. The smallest absolute Gasteiger partial charge is 0.414 e. The molecular formula is C20H20N6O6. The molecule has 0 fully saturated rings. The van der Waals surface area contributed by atoms with Gasteiger partial charge in [0, 0.05) is 23.8 Å². The third-order valence-corrected chi connectivity index (χ3v) is 3.34. The van der Waals surface area contributed by atoms with Crippen LogP contribution in [0.4, 0.5) is 21.0 Å². The molecule has 0 aromatic heterocycles. The van der Waals surface area contributed by atoms with Gasteiger partial charge in [-0.1, -0.05) is 6.07 Å². The number of hydrogen-bond donors (Lipinski definition) is 4. The van der Waals surface area contributed by atoms with Crippen LogP contribution in [0.15, 0.2) is 47.8 Å². The number of nitriles is 2. The van der Waals surface area contributed by atoms with Crippen LogP contribution in [0.3, 0.4) is 0 Å². The first-order chi connectivity index (χ1) is 15.3. The quantitative estimate of drug-likeness (QED) is 0.344. The van der Waals surface area contributed by atoms with Gasteiger partial charge in [0.2, 0.25) is 0 Å². The highest BCUT2D eigenvalue weighted by atomic mass is 16.6. The fraction of sp³-hybridized carbons (Fsp3) is 0.200. The summed E-state index contributed by atoms with van der Waals surface area (Å²) in [7, 11) is 0. The third kappa shape index (κ3) is 8.67. The van der Waals surface area contributed by atoms with Crippen LogP contribution in [-0.4, -0.2) is 37.2 Å². The van der Waals surface area contributed by atoms with Gasteiger partial charge < -0.3 is 20.1 Å². The van der Waals surface area contributed by atoms with Crippen LogP contribution < -0.4 is 21.3 Å². The fourth-order valence-corrected chi connectivity index (χ4v) is 1.96. The minimum Gasteiger partial charge on any atom is -0.450 e. The highest BCUT2D eigenvalue weighted by Crippen LogP contribution is 2.16. The number of imide groups is 2. The summed E-state index contributed by atoms with van der Waals surface area (Å²) in [5.74, 6) is -1.89. The van der Waals surface area contributed by atoms with Crippen molar-refractivity contribution in [2.24, 2.45) is 0 Å². The van der Waals surface area contributed by atoms with Crippen LogP contribution in [0.2, 0.25) is 0 Å². The lowest BCUT2D eigenvalue weighted by Crippen LogP contribution is -2.32. The second-order valence-corrected chi connectivity index (χ2v) is 5.56. The summed E-state index contributed by atoms with van der Waals surface area (Å²) in [6.45, 7) is 3.26. The normalized spacial score (nSPS) is 10.6. The molecule has 4 amide bonds. The Kier molecular flexibility index (Phi) is 10.5. The van der Waals surface area contributed by atoms with Gasteiger partial charge >= 0.3 is 12.2 Å². The summed E-state index contributed by atoms with van der Waals surface area (Å²) >= 11 is 0. The Labute approximate surface area is 183 Å². The molecule has 0 atom stereocenters. The van der Waals surface area contributed by atoms with E-state index in [1.165, 1.54) is 0 Å².